The molecule has 32 heavy (non-hydrogen) atoms. The Morgan fingerprint density at radius 2 is 1.72 bits per heavy atom. The first-order chi connectivity index (χ1) is 15.7. The molecule has 1 aromatic heterocycles. The van der Waals surface area contributed by atoms with E-state index in [0.29, 0.717) is 18.5 Å². The molecule has 0 unspecified atom stereocenters. The van der Waals surface area contributed by atoms with Gasteiger partial charge in [0.05, 0.1) is 24.3 Å². The van der Waals surface area contributed by atoms with Crippen LogP contribution < -0.4 is 0 Å². The van der Waals surface area contributed by atoms with Gasteiger partial charge >= 0.3 is 5.97 Å². The number of nitrogens with zero attached hydrogens (tertiary/aromatic N) is 1. The van der Waals surface area contributed by atoms with Gasteiger partial charge in [-0.25, -0.2) is 4.79 Å². The second-order valence-electron chi connectivity index (χ2n) is 7.94. The lowest BCUT2D eigenvalue weighted by atomic mass is 10.0. The Bertz CT molecular complexity index is 1360. The van der Waals surface area contributed by atoms with Crippen LogP contribution in [0.15, 0.2) is 72.9 Å². The van der Waals surface area contributed by atoms with Crippen molar-refractivity contribution in [3.05, 3.63) is 89.8 Å². The van der Waals surface area contributed by atoms with Crippen LogP contribution in [-0.4, -0.2) is 34.9 Å². The number of carbonyl (C=O) groups excluding carboxylic acids is 2. The minimum Gasteiger partial charge on any atom is -0.462 e. The van der Waals surface area contributed by atoms with E-state index in [1.165, 1.54) is 0 Å². The van der Waals surface area contributed by atoms with E-state index in [1.54, 1.807) is 18.0 Å². The fourth-order valence-corrected chi connectivity index (χ4v) is 4.48. The van der Waals surface area contributed by atoms with Crippen LogP contribution in [0.3, 0.4) is 0 Å². The lowest BCUT2D eigenvalue weighted by molar-refractivity contribution is -0.136. The predicted octanol–water partition coefficient (Wildman–Crippen LogP) is 4.85. The van der Waals surface area contributed by atoms with Gasteiger partial charge in [-0.05, 0) is 41.3 Å². The van der Waals surface area contributed by atoms with E-state index in [9.17, 15) is 9.59 Å². The smallest absolute Gasteiger partial charge is 0.341 e. The lowest BCUT2D eigenvalue weighted by Crippen LogP contribution is -2.29. The summed E-state index contributed by atoms with van der Waals surface area (Å²) in [4.78, 5) is 31.2. The number of carbonyl (C=O) groups is 2. The standard InChI is InChI=1S/C27H24N2O3/c1-2-32-27(31)23-17-29(15-14-22-21-12-5-6-13-24(21)28-26(22)23)25(30)16-19-10-7-9-18-8-3-4-11-20(18)19/h3-13,17,28H,2,14-16H2,1H3. The fourth-order valence-electron chi connectivity index (χ4n) is 4.48. The second kappa shape index (κ2) is 8.35. The first kappa shape index (κ1) is 20.1. The maximum absolute atomic E-state index is 13.3. The molecule has 5 rings (SSSR count). The minimum atomic E-state index is -0.426. The van der Waals surface area contributed by atoms with Gasteiger partial charge < -0.3 is 14.6 Å². The van der Waals surface area contributed by atoms with Gasteiger partial charge in [0.1, 0.15) is 0 Å². The molecule has 1 N–H and O–H groups in total. The molecule has 0 bridgehead atoms. The second-order valence-corrected chi connectivity index (χ2v) is 7.94. The zero-order valence-electron chi connectivity index (χ0n) is 17.9. The molecule has 1 aliphatic heterocycles. The van der Waals surface area contributed by atoms with Crippen LogP contribution in [0.4, 0.5) is 0 Å². The zero-order valence-corrected chi connectivity index (χ0v) is 17.9. The van der Waals surface area contributed by atoms with Crippen LogP contribution in [0.1, 0.15) is 23.7 Å². The molecule has 1 amide bonds. The number of H-pyrrole nitrogens is 1. The third-order valence-corrected chi connectivity index (χ3v) is 6.01. The molecule has 5 nitrogen and oxygen atoms in total. The largest absolute Gasteiger partial charge is 0.462 e. The molecule has 5 heteroatoms. The summed E-state index contributed by atoms with van der Waals surface area (Å²) in [6.45, 7) is 2.56. The number of aromatic amines is 1. The Kier molecular flexibility index (Phi) is 5.23. The summed E-state index contributed by atoms with van der Waals surface area (Å²) in [7, 11) is 0. The highest BCUT2D eigenvalue weighted by atomic mass is 16.5. The van der Waals surface area contributed by atoms with Crippen LogP contribution >= 0.6 is 0 Å². The number of hydrogen-bond donors (Lipinski definition) is 1. The number of para-hydroxylation sites is 1. The number of benzene rings is 3. The van der Waals surface area contributed by atoms with E-state index in [4.69, 9.17) is 4.74 Å². The summed E-state index contributed by atoms with van der Waals surface area (Å²) in [5.41, 5.74) is 4.13. The van der Waals surface area contributed by atoms with Gasteiger partial charge in [-0.15, -0.1) is 0 Å². The van der Waals surface area contributed by atoms with Crippen molar-refractivity contribution in [1.82, 2.24) is 9.88 Å². The molecule has 0 spiro atoms. The van der Waals surface area contributed by atoms with Crippen LogP contribution in [-0.2, 0) is 27.2 Å². The molecule has 0 saturated heterocycles. The van der Waals surface area contributed by atoms with Crippen molar-refractivity contribution < 1.29 is 14.3 Å². The highest BCUT2D eigenvalue weighted by Gasteiger charge is 2.27. The molecule has 2 heterocycles. The van der Waals surface area contributed by atoms with E-state index in [2.05, 4.69) is 4.98 Å². The Hall–Kier alpha value is -3.86. The summed E-state index contributed by atoms with van der Waals surface area (Å²) in [5, 5.41) is 3.25. The third kappa shape index (κ3) is 3.56. The fraction of sp³-hybridized carbons (Fsp3) is 0.185. The number of ether oxygens (including phenoxy) is 1. The van der Waals surface area contributed by atoms with Gasteiger partial charge in [0.2, 0.25) is 5.91 Å². The number of esters is 1. The normalized spacial score (nSPS) is 13.5. The highest BCUT2D eigenvalue weighted by molar-refractivity contribution is 6.18. The molecular weight excluding hydrogens is 400 g/mol. The average molecular weight is 425 g/mol. The molecule has 160 valence electrons. The first-order valence-electron chi connectivity index (χ1n) is 10.9. The number of aromatic nitrogens is 1. The first-order valence-corrected chi connectivity index (χ1v) is 10.9. The average Bonchev–Trinajstić information content (AvgIpc) is 3.06. The minimum absolute atomic E-state index is 0.0439. The van der Waals surface area contributed by atoms with E-state index >= 15 is 0 Å². The van der Waals surface area contributed by atoms with Gasteiger partial charge in [-0.3, -0.25) is 4.79 Å². The molecule has 0 aliphatic carbocycles. The number of nitrogens with one attached hydrogen (secondary N) is 1. The van der Waals surface area contributed by atoms with Crippen LogP contribution in [0.2, 0.25) is 0 Å². The summed E-state index contributed by atoms with van der Waals surface area (Å²) in [5.74, 6) is -0.470. The quantitative estimate of drug-likeness (QED) is 0.476. The summed E-state index contributed by atoms with van der Waals surface area (Å²) < 4.78 is 5.33. The zero-order chi connectivity index (χ0) is 22.1. The number of rotatable bonds is 4. The van der Waals surface area contributed by atoms with E-state index in [0.717, 1.165) is 38.5 Å². The van der Waals surface area contributed by atoms with E-state index in [1.807, 2.05) is 66.7 Å². The molecule has 0 saturated carbocycles. The van der Waals surface area contributed by atoms with Gasteiger partial charge in [0, 0.05) is 23.6 Å². The molecule has 0 fully saturated rings. The Balaban J connectivity index is 1.52. The monoisotopic (exact) mass is 424 g/mol. The van der Waals surface area contributed by atoms with Crippen molar-refractivity contribution in [2.45, 2.75) is 19.8 Å². The number of fused-ring (bicyclic) bond motifs is 4. The topological polar surface area (TPSA) is 62.4 Å². The summed E-state index contributed by atoms with van der Waals surface area (Å²) in [6.07, 6.45) is 2.58. The SMILES string of the molecule is CCOC(=O)C1=CN(C(=O)Cc2cccc3ccccc23)CCc2c1[nH]c1ccccc21. The maximum atomic E-state index is 13.3. The van der Waals surface area contributed by atoms with Crippen LogP contribution in [0.25, 0.3) is 27.2 Å². The van der Waals surface area contributed by atoms with E-state index < -0.39 is 5.97 Å². The van der Waals surface area contributed by atoms with Crippen molar-refractivity contribution in [2.75, 3.05) is 13.2 Å². The highest BCUT2D eigenvalue weighted by Crippen LogP contribution is 2.31. The Morgan fingerprint density at radius 1 is 0.969 bits per heavy atom. The molecule has 0 radical (unpaired) electrons. The molecular formula is C27H24N2O3. The number of amides is 1. The van der Waals surface area contributed by atoms with Crippen molar-refractivity contribution in [2.24, 2.45) is 0 Å². The van der Waals surface area contributed by atoms with Gasteiger partial charge in [0.25, 0.3) is 0 Å². The van der Waals surface area contributed by atoms with E-state index in [-0.39, 0.29) is 18.9 Å². The maximum Gasteiger partial charge on any atom is 0.341 e. The van der Waals surface area contributed by atoms with Crippen molar-refractivity contribution in [1.29, 1.82) is 0 Å². The van der Waals surface area contributed by atoms with Gasteiger partial charge in [-0.2, -0.15) is 0 Å². The van der Waals surface area contributed by atoms with Gasteiger partial charge in [-0.1, -0.05) is 60.7 Å². The van der Waals surface area contributed by atoms with Crippen molar-refractivity contribution in [3.8, 4) is 0 Å². The number of hydrogen-bond acceptors (Lipinski definition) is 3. The van der Waals surface area contributed by atoms with Crippen molar-refractivity contribution >= 4 is 39.1 Å². The molecule has 4 aromatic rings. The molecule has 3 aromatic carbocycles. The van der Waals surface area contributed by atoms with Crippen LogP contribution in [0.5, 0.6) is 0 Å². The molecule has 1 aliphatic rings. The van der Waals surface area contributed by atoms with Gasteiger partial charge in [0.15, 0.2) is 0 Å². The third-order valence-electron chi connectivity index (χ3n) is 6.01. The summed E-state index contributed by atoms with van der Waals surface area (Å²) in [6, 6.07) is 22.1. The predicted molar refractivity (Wildman–Crippen MR) is 126 cm³/mol. The van der Waals surface area contributed by atoms with Crippen molar-refractivity contribution in [3.63, 3.8) is 0 Å². The summed E-state index contributed by atoms with van der Waals surface area (Å²) >= 11 is 0. The Morgan fingerprint density at radius 3 is 2.56 bits per heavy atom. The molecule has 0 atom stereocenters. The Labute approximate surface area is 186 Å². The van der Waals surface area contributed by atoms with Crippen LogP contribution in [0, 0.1) is 0 Å². The lowest BCUT2D eigenvalue weighted by Gasteiger charge is -2.18.